The second-order valence-electron chi connectivity index (χ2n) is 8.10. The van der Waals surface area contributed by atoms with E-state index in [2.05, 4.69) is 21.7 Å². The minimum atomic E-state index is -2.37. The lowest BCUT2D eigenvalue weighted by Gasteiger charge is -2.32. The largest absolute Gasteiger partial charge is 0.496 e. The first-order valence-corrected chi connectivity index (χ1v) is 11.9. The molecule has 0 aliphatic carbocycles. The van der Waals surface area contributed by atoms with Crippen LogP contribution >= 0.6 is 11.3 Å². The van der Waals surface area contributed by atoms with Crippen molar-refractivity contribution in [3.8, 4) is 16.3 Å². The number of hydrogen-bond donors (Lipinski definition) is 2. The van der Waals surface area contributed by atoms with E-state index in [4.69, 9.17) is 9.47 Å². The number of carbonyl (C=O) groups excluding carboxylic acids is 1. The van der Waals surface area contributed by atoms with Crippen molar-refractivity contribution in [1.82, 2.24) is 15.2 Å². The lowest BCUT2D eigenvalue weighted by atomic mass is 9.99. The van der Waals surface area contributed by atoms with E-state index in [0.717, 1.165) is 41.1 Å². The van der Waals surface area contributed by atoms with E-state index in [9.17, 15) is 13.6 Å². The van der Waals surface area contributed by atoms with Crippen molar-refractivity contribution in [2.24, 2.45) is 0 Å². The first kappa shape index (κ1) is 23.6. The molecule has 2 amide bonds. The van der Waals surface area contributed by atoms with Gasteiger partial charge in [-0.05, 0) is 37.4 Å². The number of halogens is 2. The molecule has 0 bridgehead atoms. The molecule has 2 N–H and O–H groups in total. The van der Waals surface area contributed by atoms with Gasteiger partial charge in [0.15, 0.2) is 0 Å². The number of carbonyl (C=O) groups is 1. The van der Waals surface area contributed by atoms with E-state index in [1.807, 2.05) is 18.2 Å². The minimum Gasteiger partial charge on any atom is -0.496 e. The Labute approximate surface area is 195 Å². The average Bonchev–Trinajstić information content (AvgIpc) is 3.27. The minimum absolute atomic E-state index is 0.160. The van der Waals surface area contributed by atoms with Gasteiger partial charge in [0, 0.05) is 29.1 Å². The van der Waals surface area contributed by atoms with Crippen molar-refractivity contribution in [3.05, 3.63) is 35.2 Å². The number of methoxy groups -OCH3 is 1. The number of urea groups is 1. The summed E-state index contributed by atoms with van der Waals surface area (Å²) in [6.45, 7) is 2.10. The van der Waals surface area contributed by atoms with Gasteiger partial charge in [-0.3, -0.25) is 10.2 Å². The second kappa shape index (κ2) is 11.0. The third-order valence-corrected chi connectivity index (χ3v) is 6.63. The second-order valence-corrected chi connectivity index (χ2v) is 8.95. The highest BCUT2D eigenvalue weighted by atomic mass is 32.1. The number of ether oxygens (including phenoxy) is 2. The standard InChI is InChI=1S/C23H28F2N4O3S/c1-31-19-11-16(4-5-18(19)15-6-9-32-10-7-15)22-27-21(14-33-22)28-23(30)26-17-3-2-8-29(12-17)13-20(24)25/h4-6,11,14,17,20H,2-3,7-10,12-13H2,1H3,(H2,26,28,30)/t17-/m0/s1. The summed E-state index contributed by atoms with van der Waals surface area (Å²) in [6, 6.07) is 5.44. The summed E-state index contributed by atoms with van der Waals surface area (Å²) >= 11 is 1.42. The van der Waals surface area contributed by atoms with E-state index in [-0.39, 0.29) is 18.6 Å². The molecule has 1 aromatic carbocycles. The number of thiazole rings is 1. The van der Waals surface area contributed by atoms with Crippen LogP contribution in [0.25, 0.3) is 16.1 Å². The van der Waals surface area contributed by atoms with Gasteiger partial charge in [-0.1, -0.05) is 18.2 Å². The van der Waals surface area contributed by atoms with Crippen molar-refractivity contribution in [3.63, 3.8) is 0 Å². The zero-order valence-corrected chi connectivity index (χ0v) is 19.3. The van der Waals surface area contributed by atoms with Gasteiger partial charge in [-0.25, -0.2) is 18.6 Å². The lowest BCUT2D eigenvalue weighted by molar-refractivity contribution is 0.0719. The molecular formula is C23H28F2N4O3S. The van der Waals surface area contributed by atoms with Crippen LogP contribution in [0, 0.1) is 0 Å². The predicted octanol–water partition coefficient (Wildman–Crippen LogP) is 4.47. The van der Waals surface area contributed by atoms with Crippen molar-refractivity contribution in [1.29, 1.82) is 0 Å². The fourth-order valence-electron chi connectivity index (χ4n) is 4.20. The van der Waals surface area contributed by atoms with Gasteiger partial charge in [0.2, 0.25) is 0 Å². The van der Waals surface area contributed by atoms with Crippen LogP contribution in [0.4, 0.5) is 19.4 Å². The zero-order chi connectivity index (χ0) is 23.2. The van der Waals surface area contributed by atoms with Gasteiger partial charge in [0.1, 0.15) is 16.6 Å². The zero-order valence-electron chi connectivity index (χ0n) is 18.5. The van der Waals surface area contributed by atoms with Crippen LogP contribution in [-0.2, 0) is 4.74 Å². The number of rotatable bonds is 7. The summed E-state index contributed by atoms with van der Waals surface area (Å²) in [5, 5.41) is 8.17. The molecule has 178 valence electrons. The SMILES string of the molecule is COc1cc(-c2nc(NC(=O)N[C@H]3CCCN(CC(F)F)C3)cs2)ccc1C1=CCOCC1. The van der Waals surface area contributed by atoms with Crippen LogP contribution in [0.3, 0.4) is 0 Å². The molecule has 2 aliphatic heterocycles. The van der Waals surface area contributed by atoms with Crippen molar-refractivity contribution in [2.75, 3.05) is 45.3 Å². The fourth-order valence-corrected chi connectivity index (χ4v) is 4.95. The van der Waals surface area contributed by atoms with E-state index in [0.29, 0.717) is 32.1 Å². The number of anilines is 1. The van der Waals surface area contributed by atoms with Crippen molar-refractivity contribution >= 4 is 28.8 Å². The fraction of sp³-hybridized carbons (Fsp3) is 0.478. The molecule has 33 heavy (non-hydrogen) atoms. The van der Waals surface area contributed by atoms with Crippen LogP contribution < -0.4 is 15.4 Å². The van der Waals surface area contributed by atoms with Gasteiger partial charge in [-0.2, -0.15) is 0 Å². The molecule has 1 aromatic heterocycles. The third-order valence-electron chi connectivity index (χ3n) is 5.74. The topological polar surface area (TPSA) is 75.7 Å². The van der Waals surface area contributed by atoms with Gasteiger partial charge in [-0.15, -0.1) is 11.3 Å². The highest BCUT2D eigenvalue weighted by Crippen LogP contribution is 2.35. The summed E-state index contributed by atoms with van der Waals surface area (Å²) in [5.41, 5.74) is 3.15. The predicted molar refractivity (Wildman–Crippen MR) is 125 cm³/mol. The quantitative estimate of drug-likeness (QED) is 0.614. The maximum atomic E-state index is 12.6. The van der Waals surface area contributed by atoms with Crippen LogP contribution in [0.5, 0.6) is 5.75 Å². The summed E-state index contributed by atoms with van der Waals surface area (Å²) in [4.78, 5) is 18.6. The van der Waals surface area contributed by atoms with Crippen LogP contribution in [-0.4, -0.2) is 68.3 Å². The number of amides is 2. The number of hydrogen-bond acceptors (Lipinski definition) is 6. The monoisotopic (exact) mass is 478 g/mol. The Morgan fingerprint density at radius 2 is 2.30 bits per heavy atom. The maximum absolute atomic E-state index is 12.6. The Hall–Kier alpha value is -2.56. The molecule has 0 spiro atoms. The molecule has 2 aromatic rings. The molecule has 1 saturated heterocycles. The van der Waals surface area contributed by atoms with Crippen molar-refractivity contribution < 1.29 is 23.0 Å². The smallest absolute Gasteiger partial charge is 0.320 e. The van der Waals surface area contributed by atoms with Gasteiger partial charge in [0.05, 0.1) is 26.9 Å². The highest BCUT2D eigenvalue weighted by molar-refractivity contribution is 7.13. The summed E-state index contributed by atoms with van der Waals surface area (Å²) < 4.78 is 36.3. The number of nitrogens with one attached hydrogen (secondary N) is 2. The Morgan fingerprint density at radius 3 is 3.06 bits per heavy atom. The molecule has 0 unspecified atom stereocenters. The summed E-state index contributed by atoms with van der Waals surface area (Å²) in [5.74, 6) is 1.22. The molecule has 1 atom stereocenters. The Balaban J connectivity index is 1.37. The number of benzene rings is 1. The molecule has 0 radical (unpaired) electrons. The Bertz CT molecular complexity index is 998. The molecule has 7 nitrogen and oxygen atoms in total. The van der Waals surface area contributed by atoms with E-state index in [1.165, 1.54) is 16.9 Å². The van der Waals surface area contributed by atoms with Crippen LogP contribution in [0.2, 0.25) is 0 Å². The van der Waals surface area contributed by atoms with Crippen LogP contribution in [0.1, 0.15) is 24.8 Å². The van der Waals surface area contributed by atoms with Crippen molar-refractivity contribution in [2.45, 2.75) is 31.7 Å². The molecular weight excluding hydrogens is 450 g/mol. The number of aromatic nitrogens is 1. The average molecular weight is 479 g/mol. The Kier molecular flexibility index (Phi) is 7.89. The first-order valence-electron chi connectivity index (χ1n) is 11.0. The maximum Gasteiger partial charge on any atom is 0.320 e. The number of likely N-dealkylation sites (tertiary alicyclic amines) is 1. The molecule has 10 heteroatoms. The lowest BCUT2D eigenvalue weighted by Crippen LogP contribution is -2.49. The van der Waals surface area contributed by atoms with E-state index >= 15 is 0 Å². The Morgan fingerprint density at radius 1 is 1.42 bits per heavy atom. The van der Waals surface area contributed by atoms with Crippen LogP contribution in [0.15, 0.2) is 29.7 Å². The summed E-state index contributed by atoms with van der Waals surface area (Å²) in [6.07, 6.45) is 2.10. The normalized spacial score (nSPS) is 19.3. The van der Waals surface area contributed by atoms with Gasteiger partial charge < -0.3 is 14.8 Å². The van der Waals surface area contributed by atoms with E-state index < -0.39 is 6.43 Å². The first-order chi connectivity index (χ1) is 16.0. The van der Waals surface area contributed by atoms with E-state index in [1.54, 1.807) is 17.4 Å². The molecule has 4 rings (SSSR count). The summed E-state index contributed by atoms with van der Waals surface area (Å²) in [7, 11) is 1.65. The highest BCUT2D eigenvalue weighted by Gasteiger charge is 2.23. The molecule has 0 saturated carbocycles. The number of piperidine rings is 1. The van der Waals surface area contributed by atoms with Gasteiger partial charge in [0.25, 0.3) is 6.43 Å². The number of alkyl halides is 2. The molecule has 3 heterocycles. The third kappa shape index (κ3) is 6.27. The van der Waals surface area contributed by atoms with Gasteiger partial charge >= 0.3 is 6.03 Å². The molecule has 1 fully saturated rings. The number of nitrogens with zero attached hydrogens (tertiary/aromatic N) is 2. The molecule has 2 aliphatic rings.